The Morgan fingerprint density at radius 3 is 2.20 bits per heavy atom. The van der Waals surface area contributed by atoms with Gasteiger partial charge in [-0.2, -0.15) is 0 Å². The molecule has 0 aliphatic carbocycles. The highest BCUT2D eigenvalue weighted by molar-refractivity contribution is 5.82. The Morgan fingerprint density at radius 2 is 1.87 bits per heavy atom. The van der Waals surface area contributed by atoms with Crippen LogP contribution in [0.15, 0.2) is 0 Å². The Bertz CT molecular complexity index is 296. The van der Waals surface area contributed by atoms with E-state index in [1.54, 1.807) is 0 Å². The normalized spacial score (nSPS) is 38.9. The van der Waals surface area contributed by atoms with Gasteiger partial charge in [0.25, 0.3) is 0 Å². The SMILES string of the molecule is O=C(O)C[C@@]1(C(=O)O)CN2CCC1CC2. The van der Waals surface area contributed by atoms with Crippen molar-refractivity contribution in [2.24, 2.45) is 11.3 Å². The van der Waals surface area contributed by atoms with E-state index in [4.69, 9.17) is 5.11 Å². The molecule has 2 bridgehead atoms. The molecule has 3 saturated heterocycles. The van der Waals surface area contributed by atoms with Crippen LogP contribution in [0.3, 0.4) is 0 Å². The summed E-state index contributed by atoms with van der Waals surface area (Å²) in [7, 11) is 0. The van der Waals surface area contributed by atoms with Gasteiger partial charge in [-0.3, -0.25) is 9.59 Å². The smallest absolute Gasteiger partial charge is 0.311 e. The monoisotopic (exact) mass is 213 g/mol. The Hall–Kier alpha value is -1.10. The molecule has 3 heterocycles. The molecule has 5 heteroatoms. The van der Waals surface area contributed by atoms with Gasteiger partial charge in [0.15, 0.2) is 0 Å². The number of hydrogen-bond donors (Lipinski definition) is 2. The number of rotatable bonds is 3. The minimum Gasteiger partial charge on any atom is -0.481 e. The van der Waals surface area contributed by atoms with Gasteiger partial charge in [-0.05, 0) is 31.8 Å². The maximum atomic E-state index is 11.3. The first kappa shape index (κ1) is 10.4. The molecule has 0 amide bonds. The van der Waals surface area contributed by atoms with E-state index in [0.717, 1.165) is 25.9 Å². The largest absolute Gasteiger partial charge is 0.481 e. The Balaban J connectivity index is 2.26. The molecule has 3 aliphatic rings. The number of carbonyl (C=O) groups is 2. The van der Waals surface area contributed by atoms with E-state index in [1.807, 2.05) is 0 Å². The van der Waals surface area contributed by atoms with E-state index in [1.165, 1.54) is 0 Å². The number of piperidine rings is 3. The maximum Gasteiger partial charge on any atom is 0.311 e. The second-order valence-electron chi connectivity index (χ2n) is 4.58. The topological polar surface area (TPSA) is 77.8 Å². The zero-order valence-electron chi connectivity index (χ0n) is 8.48. The minimum atomic E-state index is -1.04. The molecule has 0 spiro atoms. The van der Waals surface area contributed by atoms with E-state index in [-0.39, 0.29) is 12.3 Å². The highest BCUT2D eigenvalue weighted by Crippen LogP contribution is 2.44. The average Bonchev–Trinajstić information content (AvgIpc) is 2.18. The molecule has 3 fully saturated rings. The molecule has 2 N–H and O–H groups in total. The van der Waals surface area contributed by atoms with Crippen molar-refractivity contribution >= 4 is 11.9 Å². The lowest BCUT2D eigenvalue weighted by Gasteiger charge is -2.50. The van der Waals surface area contributed by atoms with Crippen molar-refractivity contribution < 1.29 is 19.8 Å². The van der Waals surface area contributed by atoms with Gasteiger partial charge in [0.05, 0.1) is 11.8 Å². The molecule has 3 aliphatic heterocycles. The van der Waals surface area contributed by atoms with Crippen molar-refractivity contribution in [1.82, 2.24) is 4.90 Å². The number of carboxylic acid groups (broad SMARTS) is 2. The number of aliphatic carboxylic acids is 2. The fraction of sp³-hybridized carbons (Fsp3) is 0.800. The van der Waals surface area contributed by atoms with Crippen LogP contribution < -0.4 is 0 Å². The van der Waals surface area contributed by atoms with Gasteiger partial charge in [0.1, 0.15) is 0 Å². The average molecular weight is 213 g/mol. The van der Waals surface area contributed by atoms with E-state index >= 15 is 0 Å². The van der Waals surface area contributed by atoms with Gasteiger partial charge in [-0.25, -0.2) is 0 Å². The van der Waals surface area contributed by atoms with E-state index in [9.17, 15) is 14.7 Å². The molecule has 5 nitrogen and oxygen atoms in total. The fourth-order valence-corrected chi connectivity index (χ4v) is 2.96. The van der Waals surface area contributed by atoms with Gasteiger partial charge >= 0.3 is 11.9 Å². The van der Waals surface area contributed by atoms with Crippen LogP contribution in [-0.2, 0) is 9.59 Å². The van der Waals surface area contributed by atoms with E-state index < -0.39 is 17.4 Å². The van der Waals surface area contributed by atoms with Crippen LogP contribution in [-0.4, -0.2) is 46.7 Å². The van der Waals surface area contributed by atoms with E-state index in [2.05, 4.69) is 4.90 Å². The number of hydrogen-bond acceptors (Lipinski definition) is 3. The summed E-state index contributed by atoms with van der Waals surface area (Å²) in [4.78, 5) is 24.1. The summed E-state index contributed by atoms with van der Waals surface area (Å²) >= 11 is 0. The third-order valence-corrected chi connectivity index (χ3v) is 3.77. The van der Waals surface area contributed by atoms with Crippen LogP contribution in [0, 0.1) is 11.3 Å². The lowest BCUT2D eigenvalue weighted by Crippen LogP contribution is -2.58. The number of nitrogens with zero attached hydrogens (tertiary/aromatic N) is 1. The van der Waals surface area contributed by atoms with Crippen LogP contribution >= 0.6 is 0 Å². The third-order valence-electron chi connectivity index (χ3n) is 3.77. The molecule has 0 unspecified atom stereocenters. The summed E-state index contributed by atoms with van der Waals surface area (Å²) in [5.74, 6) is -1.92. The predicted octanol–water partition coefficient (Wildman–Crippen LogP) is 0.258. The first-order chi connectivity index (χ1) is 7.04. The molecule has 3 rings (SSSR count). The zero-order chi connectivity index (χ0) is 11.1. The van der Waals surface area contributed by atoms with Crippen molar-refractivity contribution in [2.45, 2.75) is 19.3 Å². The Morgan fingerprint density at radius 1 is 1.27 bits per heavy atom. The molecule has 0 aromatic heterocycles. The quantitative estimate of drug-likeness (QED) is 0.703. The van der Waals surface area contributed by atoms with Crippen LogP contribution in [0.1, 0.15) is 19.3 Å². The Labute approximate surface area is 87.7 Å². The first-order valence-electron chi connectivity index (χ1n) is 5.22. The summed E-state index contributed by atoms with van der Waals surface area (Å²) in [6.45, 7) is 2.23. The summed E-state index contributed by atoms with van der Waals surface area (Å²) in [6.07, 6.45) is 1.39. The molecular weight excluding hydrogens is 198 g/mol. The standard InChI is InChI=1S/C10H15NO4/c12-8(13)5-10(9(14)15)6-11-3-1-7(10)2-4-11/h7H,1-6H2,(H,12,13)(H,14,15)/t10-/m1/s1. The summed E-state index contributed by atoms with van der Waals surface area (Å²) < 4.78 is 0. The molecule has 84 valence electrons. The lowest BCUT2D eigenvalue weighted by atomic mass is 9.65. The summed E-state index contributed by atoms with van der Waals surface area (Å²) in [6, 6.07) is 0. The van der Waals surface area contributed by atoms with Crippen molar-refractivity contribution in [2.75, 3.05) is 19.6 Å². The van der Waals surface area contributed by atoms with Gasteiger partial charge in [-0.15, -0.1) is 0 Å². The molecule has 15 heavy (non-hydrogen) atoms. The Kier molecular flexibility index (Phi) is 2.42. The molecule has 0 radical (unpaired) electrons. The number of fused-ring (bicyclic) bond motifs is 3. The lowest BCUT2D eigenvalue weighted by molar-refractivity contribution is -0.169. The van der Waals surface area contributed by atoms with Crippen molar-refractivity contribution in [3.63, 3.8) is 0 Å². The molecular formula is C10H15NO4. The highest BCUT2D eigenvalue weighted by Gasteiger charge is 2.53. The molecule has 1 atom stereocenters. The van der Waals surface area contributed by atoms with Gasteiger partial charge < -0.3 is 15.1 Å². The van der Waals surface area contributed by atoms with Crippen molar-refractivity contribution in [3.05, 3.63) is 0 Å². The van der Waals surface area contributed by atoms with Crippen LogP contribution in [0.25, 0.3) is 0 Å². The number of carboxylic acids is 2. The molecule has 0 saturated carbocycles. The van der Waals surface area contributed by atoms with E-state index in [0.29, 0.717) is 6.54 Å². The molecule has 0 aromatic carbocycles. The predicted molar refractivity (Wildman–Crippen MR) is 51.5 cm³/mol. The first-order valence-corrected chi connectivity index (χ1v) is 5.22. The molecule has 0 aromatic rings. The summed E-state index contributed by atoms with van der Waals surface area (Å²) in [5.41, 5.74) is -1.04. The van der Waals surface area contributed by atoms with Gasteiger partial charge in [0.2, 0.25) is 0 Å². The second-order valence-corrected chi connectivity index (χ2v) is 4.58. The second kappa shape index (κ2) is 3.48. The fourth-order valence-electron chi connectivity index (χ4n) is 2.96. The van der Waals surface area contributed by atoms with Crippen LogP contribution in [0.4, 0.5) is 0 Å². The minimum absolute atomic E-state index is 0.0381. The zero-order valence-corrected chi connectivity index (χ0v) is 8.48. The maximum absolute atomic E-state index is 11.3. The van der Waals surface area contributed by atoms with Gasteiger partial charge in [0, 0.05) is 6.54 Å². The van der Waals surface area contributed by atoms with Crippen molar-refractivity contribution in [3.8, 4) is 0 Å². The van der Waals surface area contributed by atoms with Crippen LogP contribution in [0.2, 0.25) is 0 Å². The summed E-state index contributed by atoms with van der Waals surface area (Å²) in [5, 5.41) is 18.1. The van der Waals surface area contributed by atoms with Crippen LogP contribution in [0.5, 0.6) is 0 Å². The van der Waals surface area contributed by atoms with Gasteiger partial charge in [-0.1, -0.05) is 0 Å². The third kappa shape index (κ3) is 1.61. The highest BCUT2D eigenvalue weighted by atomic mass is 16.4. The van der Waals surface area contributed by atoms with Crippen molar-refractivity contribution in [1.29, 1.82) is 0 Å².